The number of hydrogen-bond acceptors (Lipinski definition) is 9. The van der Waals surface area contributed by atoms with Gasteiger partial charge in [0.05, 0.1) is 11.1 Å². The normalized spacial score (nSPS) is 13.9. The third-order valence-corrected chi connectivity index (χ3v) is 6.75. The van der Waals surface area contributed by atoms with Crippen LogP contribution in [-0.2, 0) is 6.42 Å². The number of aromatic nitrogens is 3. The number of hydrogen-bond donors (Lipinski definition) is 2. The minimum atomic E-state index is -0.632. The number of rotatable bonds is 9. The van der Waals surface area contributed by atoms with Crippen molar-refractivity contribution >= 4 is 35.4 Å². The fourth-order valence-electron chi connectivity index (χ4n) is 4.57. The lowest BCUT2D eigenvalue weighted by molar-refractivity contribution is -0.384. The van der Waals surface area contributed by atoms with Gasteiger partial charge in [-0.1, -0.05) is 48.0 Å². The Hall–Kier alpha value is -4.93. The maximum atomic E-state index is 14.2. The summed E-state index contributed by atoms with van der Waals surface area (Å²) in [6.45, 7) is 3.61. The summed E-state index contributed by atoms with van der Waals surface area (Å²) in [5, 5.41) is 18.3. The molecule has 0 aliphatic carbocycles. The van der Waals surface area contributed by atoms with Crippen LogP contribution in [0.2, 0.25) is 0 Å². The van der Waals surface area contributed by atoms with Crippen molar-refractivity contribution < 1.29 is 9.31 Å². The Morgan fingerprint density at radius 1 is 1.02 bits per heavy atom. The van der Waals surface area contributed by atoms with Crippen molar-refractivity contribution in [3.05, 3.63) is 105 Å². The van der Waals surface area contributed by atoms with Crippen molar-refractivity contribution in [1.82, 2.24) is 15.0 Å². The molecular weight excluding hydrogens is 511 g/mol. The molecular formula is C29H29FN8O2. The van der Waals surface area contributed by atoms with Gasteiger partial charge in [0, 0.05) is 36.5 Å². The molecule has 0 radical (unpaired) electrons. The van der Waals surface area contributed by atoms with Crippen molar-refractivity contribution in [2.24, 2.45) is 11.0 Å². The summed E-state index contributed by atoms with van der Waals surface area (Å²) in [5.41, 5.74) is 5.76. The molecule has 1 fully saturated rings. The van der Waals surface area contributed by atoms with Crippen molar-refractivity contribution in [2.45, 2.75) is 26.2 Å². The van der Waals surface area contributed by atoms with Crippen LogP contribution in [0.25, 0.3) is 0 Å². The van der Waals surface area contributed by atoms with E-state index in [0.717, 1.165) is 68.0 Å². The molecule has 1 aromatic heterocycles. The Labute approximate surface area is 231 Å². The van der Waals surface area contributed by atoms with E-state index in [1.54, 1.807) is 0 Å². The number of hydrazone groups is 1. The average molecular weight is 541 g/mol. The van der Waals surface area contributed by atoms with Gasteiger partial charge in [-0.25, -0.2) is 9.82 Å². The molecule has 0 bridgehead atoms. The van der Waals surface area contributed by atoms with Crippen molar-refractivity contribution in [3.8, 4) is 0 Å². The maximum absolute atomic E-state index is 14.2. The van der Waals surface area contributed by atoms with Crippen molar-refractivity contribution in [3.63, 3.8) is 0 Å². The second-order valence-corrected chi connectivity index (χ2v) is 9.73. The molecule has 10 nitrogen and oxygen atoms in total. The zero-order chi connectivity index (χ0) is 27.9. The van der Waals surface area contributed by atoms with E-state index in [4.69, 9.17) is 0 Å². The Bertz CT molecular complexity index is 1490. The molecule has 204 valence electrons. The van der Waals surface area contributed by atoms with Crippen LogP contribution in [0.15, 0.2) is 77.9 Å². The average Bonchev–Trinajstić information content (AvgIpc) is 2.96. The van der Waals surface area contributed by atoms with Gasteiger partial charge in [0.2, 0.25) is 17.8 Å². The molecule has 1 saturated heterocycles. The predicted octanol–water partition coefficient (Wildman–Crippen LogP) is 5.88. The fourth-order valence-corrected chi connectivity index (χ4v) is 4.57. The molecule has 3 aromatic carbocycles. The first kappa shape index (κ1) is 26.7. The number of anilines is 4. The van der Waals surface area contributed by atoms with Gasteiger partial charge < -0.3 is 10.2 Å². The molecule has 5 rings (SSSR count). The monoisotopic (exact) mass is 540 g/mol. The van der Waals surface area contributed by atoms with E-state index in [-0.39, 0.29) is 17.2 Å². The Morgan fingerprint density at radius 2 is 1.75 bits per heavy atom. The number of aryl methyl sites for hydroxylation is 1. The Morgan fingerprint density at radius 3 is 2.48 bits per heavy atom. The van der Waals surface area contributed by atoms with Crippen LogP contribution < -0.4 is 15.6 Å². The van der Waals surface area contributed by atoms with Gasteiger partial charge in [0.25, 0.3) is 5.69 Å². The Balaban J connectivity index is 1.33. The van der Waals surface area contributed by atoms with Gasteiger partial charge in [-0.15, -0.1) is 0 Å². The van der Waals surface area contributed by atoms with E-state index >= 15 is 0 Å². The number of nitrogens with zero attached hydrogens (tertiary/aromatic N) is 6. The molecule has 1 aliphatic heterocycles. The highest BCUT2D eigenvalue weighted by molar-refractivity contribution is 5.81. The highest BCUT2D eigenvalue weighted by Gasteiger charge is 2.22. The maximum Gasteiger partial charge on any atom is 0.270 e. The molecule has 40 heavy (non-hydrogen) atoms. The molecule has 0 saturated carbocycles. The van der Waals surface area contributed by atoms with Gasteiger partial charge in [-0.05, 0) is 55.9 Å². The smallest absolute Gasteiger partial charge is 0.270 e. The van der Waals surface area contributed by atoms with Crippen LogP contribution in [0.4, 0.5) is 33.6 Å². The van der Waals surface area contributed by atoms with E-state index in [9.17, 15) is 14.5 Å². The molecule has 1 aliphatic rings. The van der Waals surface area contributed by atoms with Crippen LogP contribution >= 0.6 is 0 Å². The molecule has 11 heteroatoms. The highest BCUT2D eigenvalue weighted by Crippen LogP contribution is 2.26. The number of nitro benzene ring substituents is 1. The highest BCUT2D eigenvalue weighted by atomic mass is 19.1. The summed E-state index contributed by atoms with van der Waals surface area (Å²) in [6, 6.07) is 21.6. The SMILES string of the molecule is Cc1ccc(Nc2nc(NN=Cc3cc([N+](=O)[O-])ccc3F)nc(N3CCC(Cc4ccccc4)CC3)n2)cc1. The van der Waals surface area contributed by atoms with E-state index in [2.05, 4.69) is 60.0 Å². The first-order valence-corrected chi connectivity index (χ1v) is 13.0. The summed E-state index contributed by atoms with van der Waals surface area (Å²) in [5.74, 6) is 0.944. The largest absolute Gasteiger partial charge is 0.341 e. The number of piperidine rings is 1. The van der Waals surface area contributed by atoms with Crippen LogP contribution in [0, 0.1) is 28.8 Å². The van der Waals surface area contributed by atoms with Crippen molar-refractivity contribution in [1.29, 1.82) is 0 Å². The van der Waals surface area contributed by atoms with Gasteiger partial charge in [-0.3, -0.25) is 10.1 Å². The number of benzene rings is 3. The number of nitro groups is 1. The second-order valence-electron chi connectivity index (χ2n) is 9.73. The van der Waals surface area contributed by atoms with Crippen LogP contribution in [-0.4, -0.2) is 39.2 Å². The number of nitrogens with one attached hydrogen (secondary N) is 2. The molecule has 0 unspecified atom stereocenters. The zero-order valence-electron chi connectivity index (χ0n) is 22.0. The summed E-state index contributed by atoms with van der Waals surface area (Å²) in [4.78, 5) is 26.2. The summed E-state index contributed by atoms with van der Waals surface area (Å²) in [7, 11) is 0. The molecule has 2 N–H and O–H groups in total. The second kappa shape index (κ2) is 12.3. The lowest BCUT2D eigenvalue weighted by atomic mass is 9.90. The molecule has 4 aromatic rings. The number of non-ortho nitro benzene ring substituents is 1. The number of halogens is 1. The van der Waals surface area contributed by atoms with E-state index < -0.39 is 10.7 Å². The Kier molecular flexibility index (Phi) is 8.19. The first-order chi connectivity index (χ1) is 19.4. The summed E-state index contributed by atoms with van der Waals surface area (Å²) in [6.07, 6.45) is 4.22. The van der Waals surface area contributed by atoms with Gasteiger partial charge in [0.15, 0.2) is 0 Å². The minimum Gasteiger partial charge on any atom is -0.341 e. The van der Waals surface area contributed by atoms with Crippen LogP contribution in [0.1, 0.15) is 29.5 Å². The van der Waals surface area contributed by atoms with Crippen LogP contribution in [0.5, 0.6) is 0 Å². The van der Waals surface area contributed by atoms with E-state index in [1.807, 2.05) is 37.3 Å². The van der Waals surface area contributed by atoms with E-state index in [0.29, 0.717) is 17.8 Å². The predicted molar refractivity (Wildman–Crippen MR) is 154 cm³/mol. The lowest BCUT2D eigenvalue weighted by Crippen LogP contribution is -2.35. The first-order valence-electron chi connectivity index (χ1n) is 13.0. The molecule has 0 atom stereocenters. The minimum absolute atomic E-state index is 0.0329. The fraction of sp³-hybridized carbons (Fsp3) is 0.241. The van der Waals surface area contributed by atoms with Gasteiger partial charge in [-0.2, -0.15) is 20.1 Å². The molecule has 2 heterocycles. The third kappa shape index (κ3) is 6.93. The van der Waals surface area contributed by atoms with Gasteiger partial charge in [0.1, 0.15) is 5.82 Å². The van der Waals surface area contributed by atoms with Crippen molar-refractivity contribution in [2.75, 3.05) is 28.7 Å². The quantitative estimate of drug-likeness (QED) is 0.153. The summed E-state index contributed by atoms with van der Waals surface area (Å²) < 4.78 is 14.2. The van der Waals surface area contributed by atoms with E-state index in [1.165, 1.54) is 5.56 Å². The zero-order valence-corrected chi connectivity index (χ0v) is 22.0. The topological polar surface area (TPSA) is 121 Å². The summed E-state index contributed by atoms with van der Waals surface area (Å²) >= 11 is 0. The molecule has 0 spiro atoms. The third-order valence-electron chi connectivity index (χ3n) is 6.75. The standard InChI is InChI=1S/C29H29FN8O2/c1-20-7-9-24(10-8-20)32-27-33-28(36-31-19-23-18-25(38(39)40)11-12-26(23)30)35-29(34-27)37-15-13-22(14-16-37)17-21-5-3-2-4-6-21/h2-12,18-19,22H,13-17H2,1H3,(H2,32,33,34,35,36). The lowest BCUT2D eigenvalue weighted by Gasteiger charge is -2.32. The van der Waals surface area contributed by atoms with Gasteiger partial charge >= 0.3 is 0 Å². The molecule has 0 amide bonds. The van der Waals surface area contributed by atoms with Crippen LogP contribution in [0.3, 0.4) is 0 Å².